The lowest BCUT2D eigenvalue weighted by molar-refractivity contribution is -0.121. The lowest BCUT2D eigenvalue weighted by Gasteiger charge is -2.34. The van der Waals surface area contributed by atoms with Gasteiger partial charge in [0.2, 0.25) is 11.9 Å². The first-order valence-electron chi connectivity index (χ1n) is 22.9. The number of fused-ring (bicyclic) bond motifs is 1. The van der Waals surface area contributed by atoms with E-state index in [1.165, 1.54) is 37.0 Å². The monoisotopic (exact) mass is 896 g/mol. The molecule has 0 bridgehead atoms. The van der Waals surface area contributed by atoms with Crippen molar-refractivity contribution in [3.63, 3.8) is 0 Å². The summed E-state index contributed by atoms with van der Waals surface area (Å²) in [7, 11) is 3.00. The van der Waals surface area contributed by atoms with Gasteiger partial charge in [-0.1, -0.05) is 50.3 Å². The summed E-state index contributed by atoms with van der Waals surface area (Å²) in [6.07, 6.45) is 14.1. The van der Waals surface area contributed by atoms with E-state index in [1.807, 2.05) is 31.0 Å². The minimum atomic E-state index is -0.821. The Kier molecular flexibility index (Phi) is 17.7. The molecule has 0 aliphatic carbocycles. The number of rotatable bonds is 23. The van der Waals surface area contributed by atoms with Gasteiger partial charge in [-0.05, 0) is 101 Å². The van der Waals surface area contributed by atoms with Crippen molar-refractivity contribution in [3.05, 3.63) is 83.2 Å². The SMILES string of the molecule is CNC(=O)CCC(C=O)N(C)C(=O)c1c(C=O)cccc1OCCCCCCCCCN1CCC(c2ccc(Nc3ncc(F)c(-c4cc(F)c5c(c4)N(C(C)C)CCO5)n3)nc2)CC1. The van der Waals surface area contributed by atoms with Crippen molar-refractivity contribution in [1.82, 2.24) is 30.1 Å². The molecular weight excluding hydrogens is 835 g/mol. The van der Waals surface area contributed by atoms with Crippen molar-refractivity contribution in [3.8, 4) is 22.8 Å². The average molecular weight is 897 g/mol. The Labute approximate surface area is 380 Å². The molecule has 4 aromatic rings. The van der Waals surface area contributed by atoms with Gasteiger partial charge in [0.05, 0.1) is 36.6 Å². The Morgan fingerprint density at radius 2 is 1.71 bits per heavy atom. The predicted octanol–water partition coefficient (Wildman–Crippen LogP) is 8.13. The third-order valence-electron chi connectivity index (χ3n) is 12.3. The van der Waals surface area contributed by atoms with E-state index in [0.29, 0.717) is 61.1 Å². The number of likely N-dealkylation sites (N-methyl/N-ethyl adjacent to an activating group) is 1. The molecule has 2 aliphatic heterocycles. The second kappa shape index (κ2) is 23.8. The molecule has 1 atom stereocenters. The van der Waals surface area contributed by atoms with E-state index in [-0.39, 0.29) is 53.3 Å². The zero-order valence-electron chi connectivity index (χ0n) is 38.0. The first-order chi connectivity index (χ1) is 31.5. The first-order valence-corrected chi connectivity index (χ1v) is 22.9. The van der Waals surface area contributed by atoms with Crippen LogP contribution in [-0.4, -0.2) is 115 Å². The van der Waals surface area contributed by atoms with Crippen molar-refractivity contribution in [2.45, 2.75) is 102 Å². The summed E-state index contributed by atoms with van der Waals surface area (Å²) in [5, 5.41) is 5.59. The molecule has 0 saturated carbocycles. The van der Waals surface area contributed by atoms with E-state index in [9.17, 15) is 19.2 Å². The number of nitrogens with zero attached hydrogens (tertiary/aromatic N) is 6. The van der Waals surface area contributed by atoms with E-state index >= 15 is 8.78 Å². The highest BCUT2D eigenvalue weighted by Gasteiger charge is 2.28. The van der Waals surface area contributed by atoms with Gasteiger partial charge in [0.15, 0.2) is 23.7 Å². The highest BCUT2D eigenvalue weighted by Crippen LogP contribution is 2.39. The van der Waals surface area contributed by atoms with E-state index < -0.39 is 23.6 Å². The summed E-state index contributed by atoms with van der Waals surface area (Å²) < 4.78 is 41.8. The van der Waals surface area contributed by atoms with Crippen LogP contribution in [0.2, 0.25) is 0 Å². The van der Waals surface area contributed by atoms with E-state index in [0.717, 1.165) is 77.2 Å². The highest BCUT2D eigenvalue weighted by atomic mass is 19.1. The number of anilines is 3. The maximum atomic E-state index is 15.1. The molecule has 0 spiro atoms. The number of carbonyl (C=O) groups is 4. The third-order valence-corrected chi connectivity index (χ3v) is 12.3. The number of likely N-dealkylation sites (tertiary alicyclic amines) is 1. The van der Waals surface area contributed by atoms with Gasteiger partial charge in [-0.2, -0.15) is 0 Å². The standard InChI is InChI=1S/C49H62F2N8O6/c1-33(2)59-24-26-65-47-39(50)27-37(28-41(47)59)46-40(51)30-54-49(56-46)55-43-17-15-35(29-53-43)34-19-22-58(23-20-34)21-10-8-6-5-7-9-11-25-64-42-14-12-13-36(31-60)45(42)48(63)57(4)38(32-61)16-18-44(62)52-3/h12-15,17,27-34,38H,5-11,16,18-26H2,1-4H3,(H,52,62)(H,53,54,55,56). The molecule has 2 amide bonds. The number of benzene rings is 2. The Morgan fingerprint density at radius 3 is 2.40 bits per heavy atom. The zero-order valence-corrected chi connectivity index (χ0v) is 38.0. The van der Waals surface area contributed by atoms with Crippen LogP contribution in [0.5, 0.6) is 11.5 Å². The summed E-state index contributed by atoms with van der Waals surface area (Å²) in [5.74, 6) is -0.372. The maximum Gasteiger partial charge on any atom is 0.258 e. The van der Waals surface area contributed by atoms with Crippen LogP contribution in [0.3, 0.4) is 0 Å². The van der Waals surface area contributed by atoms with Crippen molar-refractivity contribution in [2.24, 2.45) is 0 Å². The Bertz CT molecular complexity index is 2240. The van der Waals surface area contributed by atoms with Gasteiger partial charge in [0.1, 0.15) is 30.2 Å². The fourth-order valence-electron chi connectivity index (χ4n) is 8.51. The van der Waals surface area contributed by atoms with E-state index in [2.05, 4.69) is 36.6 Å². The predicted molar refractivity (Wildman–Crippen MR) is 246 cm³/mol. The van der Waals surface area contributed by atoms with Gasteiger partial charge in [-0.25, -0.2) is 23.7 Å². The Balaban J connectivity index is 0.870. The molecule has 1 fully saturated rings. The Morgan fingerprint density at radius 1 is 0.954 bits per heavy atom. The molecule has 6 rings (SSSR count). The quantitative estimate of drug-likeness (QED) is 0.0545. The minimum Gasteiger partial charge on any atom is -0.493 e. The smallest absolute Gasteiger partial charge is 0.258 e. The van der Waals surface area contributed by atoms with Gasteiger partial charge in [-0.15, -0.1) is 0 Å². The van der Waals surface area contributed by atoms with E-state index in [4.69, 9.17) is 9.47 Å². The first kappa shape index (κ1) is 48.4. The van der Waals surface area contributed by atoms with Gasteiger partial charge >= 0.3 is 0 Å². The number of amides is 2. The largest absolute Gasteiger partial charge is 0.493 e. The molecule has 2 aliphatic rings. The molecule has 348 valence electrons. The number of unbranched alkanes of at least 4 members (excludes halogenated alkanes) is 6. The van der Waals surface area contributed by atoms with Crippen molar-refractivity contribution in [2.75, 3.05) is 63.7 Å². The number of carbonyl (C=O) groups excluding carboxylic acids is 4. The van der Waals surface area contributed by atoms with Gasteiger partial charge in [0, 0.05) is 43.9 Å². The number of halogens is 2. The number of aromatic nitrogens is 3. The summed E-state index contributed by atoms with van der Waals surface area (Å²) in [4.78, 5) is 67.8. The molecule has 0 radical (unpaired) electrons. The summed E-state index contributed by atoms with van der Waals surface area (Å²) in [6, 6.07) is 11.1. The fourth-order valence-corrected chi connectivity index (χ4v) is 8.51. The average Bonchev–Trinajstić information content (AvgIpc) is 3.32. The number of pyridine rings is 1. The van der Waals surface area contributed by atoms with E-state index in [1.54, 1.807) is 24.3 Å². The van der Waals surface area contributed by atoms with Crippen LogP contribution < -0.4 is 25.0 Å². The minimum absolute atomic E-state index is 0.0119. The highest BCUT2D eigenvalue weighted by molar-refractivity contribution is 6.04. The summed E-state index contributed by atoms with van der Waals surface area (Å²) >= 11 is 0. The van der Waals surface area contributed by atoms with Crippen LogP contribution in [0.4, 0.5) is 26.2 Å². The van der Waals surface area contributed by atoms with Gasteiger partial charge < -0.3 is 39.6 Å². The third kappa shape index (κ3) is 12.8. The van der Waals surface area contributed by atoms with Crippen molar-refractivity contribution in [1.29, 1.82) is 0 Å². The Hall–Kier alpha value is -6.03. The lowest BCUT2D eigenvalue weighted by Crippen LogP contribution is -2.39. The van der Waals surface area contributed by atoms with Crippen LogP contribution in [0.25, 0.3) is 11.3 Å². The number of ether oxygens (including phenoxy) is 2. The molecular formula is C49H62F2N8O6. The maximum absolute atomic E-state index is 15.1. The van der Waals surface area contributed by atoms with Crippen LogP contribution in [-0.2, 0) is 9.59 Å². The molecule has 16 heteroatoms. The number of hydrogen-bond donors (Lipinski definition) is 2. The summed E-state index contributed by atoms with van der Waals surface area (Å²) in [5.41, 5.74) is 2.34. The molecule has 2 aromatic carbocycles. The van der Waals surface area contributed by atoms with Crippen LogP contribution in [0, 0.1) is 11.6 Å². The number of piperidine rings is 1. The number of aldehydes is 2. The normalized spacial score (nSPS) is 14.6. The molecule has 2 aromatic heterocycles. The molecule has 4 heterocycles. The molecule has 65 heavy (non-hydrogen) atoms. The van der Waals surface area contributed by atoms with Crippen molar-refractivity contribution < 1.29 is 37.4 Å². The molecule has 14 nitrogen and oxygen atoms in total. The fraction of sp³-hybridized carbons (Fsp3) is 0.490. The van der Waals surface area contributed by atoms with Crippen molar-refractivity contribution >= 4 is 41.8 Å². The van der Waals surface area contributed by atoms with Gasteiger partial charge in [-0.3, -0.25) is 14.4 Å². The second-order valence-electron chi connectivity index (χ2n) is 17.0. The van der Waals surface area contributed by atoms with Gasteiger partial charge in [0.25, 0.3) is 5.91 Å². The molecule has 1 saturated heterocycles. The number of hydrogen-bond acceptors (Lipinski definition) is 12. The lowest BCUT2D eigenvalue weighted by atomic mass is 9.90. The second-order valence-corrected chi connectivity index (χ2v) is 17.0. The molecule has 1 unspecified atom stereocenters. The molecule has 2 N–H and O–H groups in total. The number of nitrogens with one attached hydrogen (secondary N) is 2. The van der Waals surface area contributed by atoms with Crippen LogP contribution in [0.15, 0.2) is 54.9 Å². The zero-order chi connectivity index (χ0) is 46.3. The topological polar surface area (TPSA) is 159 Å². The van der Waals surface area contributed by atoms with Crippen LogP contribution >= 0.6 is 0 Å². The van der Waals surface area contributed by atoms with Crippen LogP contribution in [0.1, 0.15) is 117 Å². The summed E-state index contributed by atoms with van der Waals surface area (Å²) in [6.45, 7) is 8.58.